The zero-order chi connectivity index (χ0) is 17.9. The third-order valence-corrected chi connectivity index (χ3v) is 4.30. The van der Waals surface area contributed by atoms with Crippen LogP contribution in [0.15, 0.2) is 73.2 Å². The molecular weight excluding hydrogens is 324 g/mol. The summed E-state index contributed by atoms with van der Waals surface area (Å²) in [5.41, 5.74) is 4.43. The molecule has 0 saturated heterocycles. The summed E-state index contributed by atoms with van der Waals surface area (Å²) in [5, 5.41) is 2.92. The van der Waals surface area contributed by atoms with Crippen molar-refractivity contribution in [3.05, 3.63) is 84.3 Å². The standard InChI is InChI=1S/C21H18N4O/c1-2-15-4-6-17(7-5-15)20(26)23-18-10-8-16(9-11-18)19-14-25-13-3-12-22-21(25)24-19/h3-14H,2H2,1H3,(H,23,26). The molecule has 128 valence electrons. The number of nitrogens with one attached hydrogen (secondary N) is 1. The Labute approximate surface area is 151 Å². The summed E-state index contributed by atoms with van der Waals surface area (Å²) >= 11 is 0. The minimum atomic E-state index is -0.114. The van der Waals surface area contributed by atoms with Gasteiger partial charge in [0, 0.05) is 35.4 Å². The first-order valence-corrected chi connectivity index (χ1v) is 8.53. The van der Waals surface area contributed by atoms with Crippen LogP contribution in [0.25, 0.3) is 17.0 Å². The van der Waals surface area contributed by atoms with Crippen molar-refractivity contribution < 1.29 is 4.79 Å². The van der Waals surface area contributed by atoms with E-state index in [1.807, 2.05) is 71.4 Å². The van der Waals surface area contributed by atoms with Crippen LogP contribution < -0.4 is 5.32 Å². The Kier molecular flexibility index (Phi) is 4.19. The van der Waals surface area contributed by atoms with Crippen molar-refractivity contribution in [2.45, 2.75) is 13.3 Å². The molecule has 4 rings (SSSR count). The zero-order valence-electron chi connectivity index (χ0n) is 14.4. The van der Waals surface area contributed by atoms with E-state index in [0.717, 1.165) is 23.4 Å². The van der Waals surface area contributed by atoms with Gasteiger partial charge in [-0.25, -0.2) is 9.97 Å². The van der Waals surface area contributed by atoms with Gasteiger partial charge in [-0.1, -0.05) is 31.2 Å². The highest BCUT2D eigenvalue weighted by atomic mass is 16.1. The third-order valence-electron chi connectivity index (χ3n) is 4.30. The molecule has 1 amide bonds. The minimum absolute atomic E-state index is 0.114. The van der Waals surface area contributed by atoms with Crippen molar-refractivity contribution in [2.24, 2.45) is 0 Å². The van der Waals surface area contributed by atoms with Crippen LogP contribution >= 0.6 is 0 Å². The Bertz CT molecular complexity index is 1020. The van der Waals surface area contributed by atoms with Gasteiger partial charge in [0.05, 0.1) is 5.69 Å². The summed E-state index contributed by atoms with van der Waals surface area (Å²) in [6, 6.07) is 17.2. The number of benzene rings is 2. The van der Waals surface area contributed by atoms with E-state index in [1.54, 1.807) is 6.20 Å². The first kappa shape index (κ1) is 16.0. The number of aryl methyl sites for hydroxylation is 1. The maximum Gasteiger partial charge on any atom is 0.255 e. The van der Waals surface area contributed by atoms with Gasteiger partial charge in [-0.05, 0) is 42.3 Å². The van der Waals surface area contributed by atoms with E-state index in [-0.39, 0.29) is 5.91 Å². The van der Waals surface area contributed by atoms with E-state index in [4.69, 9.17) is 0 Å². The molecule has 26 heavy (non-hydrogen) atoms. The molecule has 0 atom stereocenters. The van der Waals surface area contributed by atoms with Crippen molar-refractivity contribution in [1.29, 1.82) is 0 Å². The van der Waals surface area contributed by atoms with Crippen molar-refractivity contribution in [1.82, 2.24) is 14.4 Å². The first-order valence-electron chi connectivity index (χ1n) is 8.53. The summed E-state index contributed by atoms with van der Waals surface area (Å²) in [7, 11) is 0. The maximum absolute atomic E-state index is 12.4. The largest absolute Gasteiger partial charge is 0.322 e. The van der Waals surface area contributed by atoms with E-state index in [9.17, 15) is 4.79 Å². The molecule has 0 fully saturated rings. The smallest absolute Gasteiger partial charge is 0.255 e. The van der Waals surface area contributed by atoms with Gasteiger partial charge >= 0.3 is 0 Å². The molecule has 0 unspecified atom stereocenters. The fourth-order valence-electron chi connectivity index (χ4n) is 2.79. The maximum atomic E-state index is 12.4. The summed E-state index contributed by atoms with van der Waals surface area (Å²) < 4.78 is 1.88. The fourth-order valence-corrected chi connectivity index (χ4v) is 2.79. The normalized spacial score (nSPS) is 10.8. The predicted molar refractivity (Wildman–Crippen MR) is 102 cm³/mol. The highest BCUT2D eigenvalue weighted by Gasteiger charge is 2.08. The number of carbonyl (C=O) groups excluding carboxylic acids is 1. The molecule has 2 aromatic heterocycles. The van der Waals surface area contributed by atoms with Crippen molar-refractivity contribution in [3.8, 4) is 11.3 Å². The first-order chi connectivity index (χ1) is 12.7. The number of hydrogen-bond donors (Lipinski definition) is 1. The van der Waals surface area contributed by atoms with Gasteiger partial charge in [0.25, 0.3) is 5.91 Å². The van der Waals surface area contributed by atoms with Gasteiger partial charge in [0.1, 0.15) is 0 Å². The van der Waals surface area contributed by atoms with Crippen LogP contribution in [0.5, 0.6) is 0 Å². The number of amides is 1. The minimum Gasteiger partial charge on any atom is -0.322 e. The summed E-state index contributed by atoms with van der Waals surface area (Å²) in [6.45, 7) is 2.09. The molecule has 0 aliphatic heterocycles. The molecular formula is C21H18N4O. The van der Waals surface area contributed by atoms with Crippen LogP contribution in [-0.2, 0) is 6.42 Å². The number of carbonyl (C=O) groups is 1. The van der Waals surface area contributed by atoms with Crippen LogP contribution in [0, 0.1) is 0 Å². The summed E-state index contributed by atoms with van der Waals surface area (Å²) in [4.78, 5) is 21.1. The molecule has 1 N–H and O–H groups in total. The van der Waals surface area contributed by atoms with Gasteiger partial charge in [-0.3, -0.25) is 9.20 Å². The van der Waals surface area contributed by atoms with Crippen LogP contribution in [-0.4, -0.2) is 20.3 Å². The van der Waals surface area contributed by atoms with Crippen LogP contribution in [0.1, 0.15) is 22.8 Å². The van der Waals surface area contributed by atoms with Gasteiger partial charge in [-0.2, -0.15) is 0 Å². The molecule has 2 aromatic carbocycles. The number of aromatic nitrogens is 3. The fraction of sp³-hybridized carbons (Fsp3) is 0.0952. The van der Waals surface area contributed by atoms with Gasteiger partial charge in [0.2, 0.25) is 5.78 Å². The Hall–Kier alpha value is -3.47. The Morgan fingerprint density at radius 1 is 1.08 bits per heavy atom. The molecule has 0 radical (unpaired) electrons. The monoisotopic (exact) mass is 342 g/mol. The van der Waals surface area contributed by atoms with E-state index in [1.165, 1.54) is 5.56 Å². The van der Waals surface area contributed by atoms with E-state index in [0.29, 0.717) is 11.3 Å². The Morgan fingerprint density at radius 3 is 2.54 bits per heavy atom. The van der Waals surface area contributed by atoms with Gasteiger partial charge in [-0.15, -0.1) is 0 Å². The second-order valence-corrected chi connectivity index (χ2v) is 6.04. The number of hydrogen-bond acceptors (Lipinski definition) is 3. The molecule has 4 aromatic rings. The highest BCUT2D eigenvalue weighted by Crippen LogP contribution is 2.21. The molecule has 0 aliphatic carbocycles. The number of imidazole rings is 1. The number of nitrogens with zero attached hydrogens (tertiary/aromatic N) is 3. The highest BCUT2D eigenvalue weighted by molar-refractivity contribution is 6.04. The lowest BCUT2D eigenvalue weighted by Gasteiger charge is -2.06. The average Bonchev–Trinajstić information content (AvgIpc) is 3.13. The quantitative estimate of drug-likeness (QED) is 0.604. The average molecular weight is 342 g/mol. The molecule has 2 heterocycles. The zero-order valence-corrected chi connectivity index (χ0v) is 14.4. The van der Waals surface area contributed by atoms with Gasteiger partial charge < -0.3 is 5.32 Å². The summed E-state index contributed by atoms with van der Waals surface area (Å²) in [6.07, 6.45) is 6.53. The third kappa shape index (κ3) is 3.19. The molecule has 0 spiro atoms. The lowest BCUT2D eigenvalue weighted by molar-refractivity contribution is 0.102. The van der Waals surface area contributed by atoms with Crippen molar-refractivity contribution in [2.75, 3.05) is 5.32 Å². The van der Waals surface area contributed by atoms with Crippen LogP contribution in [0.4, 0.5) is 5.69 Å². The van der Waals surface area contributed by atoms with Crippen molar-refractivity contribution >= 4 is 17.4 Å². The van der Waals surface area contributed by atoms with Crippen LogP contribution in [0.2, 0.25) is 0 Å². The predicted octanol–water partition coefficient (Wildman–Crippen LogP) is 4.21. The lowest BCUT2D eigenvalue weighted by atomic mass is 10.1. The molecule has 0 saturated carbocycles. The van der Waals surface area contributed by atoms with Crippen LogP contribution in [0.3, 0.4) is 0 Å². The van der Waals surface area contributed by atoms with Gasteiger partial charge in [0.15, 0.2) is 0 Å². The number of rotatable bonds is 4. The summed E-state index contributed by atoms with van der Waals surface area (Å²) in [5.74, 6) is 0.549. The number of anilines is 1. The second kappa shape index (κ2) is 6.80. The molecule has 5 heteroatoms. The SMILES string of the molecule is CCc1ccc(C(=O)Nc2ccc(-c3cn4cccnc4n3)cc2)cc1. The topological polar surface area (TPSA) is 59.3 Å². The molecule has 0 aliphatic rings. The van der Waals surface area contributed by atoms with E-state index < -0.39 is 0 Å². The van der Waals surface area contributed by atoms with E-state index >= 15 is 0 Å². The lowest BCUT2D eigenvalue weighted by Crippen LogP contribution is -2.11. The Morgan fingerprint density at radius 2 is 1.85 bits per heavy atom. The second-order valence-electron chi connectivity index (χ2n) is 6.04. The Balaban J connectivity index is 1.50. The van der Waals surface area contributed by atoms with E-state index in [2.05, 4.69) is 22.2 Å². The van der Waals surface area contributed by atoms with Crippen molar-refractivity contribution in [3.63, 3.8) is 0 Å². The molecule has 0 bridgehead atoms. The molecule has 5 nitrogen and oxygen atoms in total. The number of fused-ring (bicyclic) bond motifs is 1.